The van der Waals surface area contributed by atoms with Crippen LogP contribution in [0.3, 0.4) is 0 Å². The molecule has 12 nitrogen and oxygen atoms in total. The van der Waals surface area contributed by atoms with Gasteiger partial charge in [-0.15, -0.1) is 0 Å². The summed E-state index contributed by atoms with van der Waals surface area (Å²) in [5.74, 6) is -3.29. The zero-order chi connectivity index (χ0) is 27.3. The third-order valence-corrected chi connectivity index (χ3v) is 5.45. The Morgan fingerprint density at radius 3 is 1.97 bits per heavy atom. The maximum Gasteiger partial charge on any atom is 0.326 e. The van der Waals surface area contributed by atoms with Crippen molar-refractivity contribution < 1.29 is 34.5 Å². The third kappa shape index (κ3) is 11.0. The predicted molar refractivity (Wildman–Crippen MR) is 133 cm³/mol. The van der Waals surface area contributed by atoms with Gasteiger partial charge in [-0.05, 0) is 62.3 Å². The average molecular weight is 510 g/mol. The summed E-state index contributed by atoms with van der Waals surface area (Å²) in [4.78, 5) is 49.7. The van der Waals surface area contributed by atoms with Gasteiger partial charge in [-0.3, -0.25) is 14.4 Å². The van der Waals surface area contributed by atoms with Gasteiger partial charge in [0.25, 0.3) is 0 Å². The van der Waals surface area contributed by atoms with Gasteiger partial charge in [0.2, 0.25) is 17.7 Å². The number of benzene rings is 1. The minimum absolute atomic E-state index is 0.0106. The van der Waals surface area contributed by atoms with Crippen LogP contribution in [-0.4, -0.2) is 76.3 Å². The molecule has 0 heterocycles. The van der Waals surface area contributed by atoms with E-state index >= 15 is 0 Å². The maximum atomic E-state index is 12.8. The molecule has 0 radical (unpaired) electrons. The highest BCUT2D eigenvalue weighted by molar-refractivity contribution is 5.94. The molecule has 4 atom stereocenters. The molecule has 0 aliphatic carbocycles. The van der Waals surface area contributed by atoms with Gasteiger partial charge in [0.15, 0.2) is 0 Å². The van der Waals surface area contributed by atoms with E-state index in [9.17, 15) is 34.5 Å². The topological polar surface area (TPSA) is 217 Å². The molecule has 202 valence electrons. The zero-order valence-corrected chi connectivity index (χ0v) is 20.8. The van der Waals surface area contributed by atoms with Crippen LogP contribution in [0.1, 0.15) is 45.1 Å². The minimum Gasteiger partial charge on any atom is -0.508 e. The SMILES string of the molecule is CC(C)CC(NC(=O)C(CCCCN)NC(=O)C(CO)NC(=O)C(N)Cc1ccc(O)cc1)C(=O)O. The van der Waals surface area contributed by atoms with E-state index < -0.39 is 54.5 Å². The number of aromatic hydroxyl groups is 1. The van der Waals surface area contributed by atoms with Gasteiger partial charge in [0, 0.05) is 0 Å². The van der Waals surface area contributed by atoms with Crippen molar-refractivity contribution in [3.8, 4) is 5.75 Å². The number of rotatable bonds is 16. The second kappa shape index (κ2) is 15.7. The van der Waals surface area contributed by atoms with Crippen molar-refractivity contribution in [1.82, 2.24) is 16.0 Å². The lowest BCUT2D eigenvalue weighted by Gasteiger charge is -2.25. The monoisotopic (exact) mass is 509 g/mol. The van der Waals surface area contributed by atoms with Gasteiger partial charge in [0.05, 0.1) is 12.6 Å². The van der Waals surface area contributed by atoms with Crippen LogP contribution in [0, 0.1) is 5.92 Å². The molecule has 1 rings (SSSR count). The van der Waals surface area contributed by atoms with E-state index in [1.807, 2.05) is 13.8 Å². The third-order valence-electron chi connectivity index (χ3n) is 5.45. The molecule has 1 aromatic carbocycles. The molecule has 0 saturated carbocycles. The average Bonchev–Trinajstić information content (AvgIpc) is 2.82. The highest BCUT2D eigenvalue weighted by atomic mass is 16.4. The standard InChI is InChI=1S/C24H39N5O7/c1-14(2)11-19(24(35)36)28-22(33)18(5-3-4-10-25)27-23(34)20(13-30)29-21(32)17(26)12-15-6-8-16(31)9-7-15/h6-9,14,17-20,30-31H,3-5,10-13,25-26H2,1-2H3,(H,27,34)(H,28,33)(H,29,32)(H,35,36). The smallest absolute Gasteiger partial charge is 0.326 e. The highest BCUT2D eigenvalue weighted by Crippen LogP contribution is 2.11. The summed E-state index contributed by atoms with van der Waals surface area (Å²) in [5, 5.41) is 35.8. The molecule has 0 aliphatic rings. The number of amides is 3. The van der Waals surface area contributed by atoms with Crippen molar-refractivity contribution in [2.24, 2.45) is 17.4 Å². The molecular weight excluding hydrogens is 470 g/mol. The van der Waals surface area contributed by atoms with Crippen molar-refractivity contribution in [2.75, 3.05) is 13.2 Å². The van der Waals surface area contributed by atoms with E-state index in [1.54, 1.807) is 12.1 Å². The van der Waals surface area contributed by atoms with Crippen LogP contribution in [0.25, 0.3) is 0 Å². The molecule has 10 N–H and O–H groups in total. The molecule has 0 fully saturated rings. The normalized spacial score (nSPS) is 14.4. The fourth-order valence-corrected chi connectivity index (χ4v) is 3.45. The Hall–Kier alpha value is -3.22. The van der Waals surface area contributed by atoms with E-state index in [0.717, 1.165) is 0 Å². The number of carboxylic acids is 1. The van der Waals surface area contributed by atoms with Crippen LogP contribution >= 0.6 is 0 Å². The van der Waals surface area contributed by atoms with E-state index in [-0.39, 0.29) is 30.9 Å². The van der Waals surface area contributed by atoms with Crippen LogP contribution in [0.15, 0.2) is 24.3 Å². The van der Waals surface area contributed by atoms with Crippen LogP contribution < -0.4 is 27.4 Å². The number of aliphatic hydroxyl groups is 1. The van der Waals surface area contributed by atoms with E-state index in [2.05, 4.69) is 16.0 Å². The lowest BCUT2D eigenvalue weighted by molar-refractivity contribution is -0.143. The first-order valence-corrected chi connectivity index (χ1v) is 12.0. The second-order valence-electron chi connectivity index (χ2n) is 9.10. The summed E-state index contributed by atoms with van der Waals surface area (Å²) < 4.78 is 0. The number of phenolic OH excluding ortho intramolecular Hbond substituents is 1. The summed E-state index contributed by atoms with van der Waals surface area (Å²) in [7, 11) is 0. The van der Waals surface area contributed by atoms with Crippen LogP contribution in [0.2, 0.25) is 0 Å². The second-order valence-corrected chi connectivity index (χ2v) is 9.10. The zero-order valence-electron chi connectivity index (χ0n) is 20.8. The number of unbranched alkanes of at least 4 members (excludes halogenated alkanes) is 1. The molecule has 0 aromatic heterocycles. The fraction of sp³-hybridized carbons (Fsp3) is 0.583. The van der Waals surface area contributed by atoms with Crippen LogP contribution in [-0.2, 0) is 25.6 Å². The number of carbonyl (C=O) groups is 4. The first kappa shape index (κ1) is 30.8. The van der Waals surface area contributed by atoms with Gasteiger partial charge >= 0.3 is 5.97 Å². The number of carbonyl (C=O) groups excluding carboxylic acids is 3. The molecule has 0 bridgehead atoms. The number of nitrogens with one attached hydrogen (secondary N) is 3. The van der Waals surface area contributed by atoms with Crippen LogP contribution in [0.4, 0.5) is 0 Å². The minimum atomic E-state index is -1.38. The molecule has 4 unspecified atom stereocenters. The number of aliphatic carboxylic acids is 1. The lowest BCUT2D eigenvalue weighted by atomic mass is 10.0. The Kier molecular flexibility index (Phi) is 13.4. The molecule has 36 heavy (non-hydrogen) atoms. The number of aliphatic hydroxyl groups excluding tert-OH is 1. The van der Waals surface area contributed by atoms with Crippen LogP contribution in [0.5, 0.6) is 5.75 Å². The molecule has 0 aliphatic heterocycles. The molecular formula is C24H39N5O7. The Bertz CT molecular complexity index is 863. The summed E-state index contributed by atoms with van der Waals surface area (Å²) >= 11 is 0. The van der Waals surface area contributed by atoms with Crippen molar-refractivity contribution >= 4 is 23.7 Å². The predicted octanol–water partition coefficient (Wildman–Crippen LogP) is -1.03. The number of phenols is 1. The fourth-order valence-electron chi connectivity index (χ4n) is 3.45. The van der Waals surface area contributed by atoms with Gasteiger partial charge in [-0.25, -0.2) is 4.79 Å². The summed E-state index contributed by atoms with van der Waals surface area (Å²) in [6.45, 7) is 3.28. The molecule has 1 aromatic rings. The lowest BCUT2D eigenvalue weighted by Crippen LogP contribution is -2.58. The summed E-state index contributed by atoms with van der Waals surface area (Å²) in [5.41, 5.74) is 12.1. The molecule has 3 amide bonds. The largest absolute Gasteiger partial charge is 0.508 e. The van der Waals surface area contributed by atoms with Crippen molar-refractivity contribution in [1.29, 1.82) is 0 Å². The number of hydrogen-bond acceptors (Lipinski definition) is 8. The number of nitrogens with two attached hydrogens (primary N) is 2. The first-order valence-electron chi connectivity index (χ1n) is 12.0. The maximum absolute atomic E-state index is 12.8. The molecule has 0 saturated heterocycles. The Balaban J connectivity index is 2.84. The highest BCUT2D eigenvalue weighted by Gasteiger charge is 2.30. The van der Waals surface area contributed by atoms with Gasteiger partial charge in [0.1, 0.15) is 23.9 Å². The van der Waals surface area contributed by atoms with Crippen molar-refractivity contribution in [3.63, 3.8) is 0 Å². The Morgan fingerprint density at radius 2 is 1.44 bits per heavy atom. The summed E-state index contributed by atoms with van der Waals surface area (Å²) in [6, 6.07) is 1.49. The van der Waals surface area contributed by atoms with E-state index in [1.165, 1.54) is 12.1 Å². The Labute approximate surface area is 210 Å². The first-order chi connectivity index (χ1) is 17.0. The summed E-state index contributed by atoms with van der Waals surface area (Å²) in [6.07, 6.45) is 1.60. The van der Waals surface area contributed by atoms with Gasteiger partial charge < -0.3 is 42.7 Å². The number of hydrogen-bond donors (Lipinski definition) is 8. The van der Waals surface area contributed by atoms with E-state index in [0.29, 0.717) is 24.9 Å². The quantitative estimate of drug-likeness (QED) is 0.128. The Morgan fingerprint density at radius 1 is 0.889 bits per heavy atom. The van der Waals surface area contributed by atoms with Gasteiger partial charge in [-0.2, -0.15) is 0 Å². The van der Waals surface area contributed by atoms with E-state index in [4.69, 9.17) is 11.5 Å². The molecule has 0 spiro atoms. The van der Waals surface area contributed by atoms with Gasteiger partial charge in [-0.1, -0.05) is 26.0 Å². The molecule has 12 heteroatoms. The van der Waals surface area contributed by atoms with Crippen molar-refractivity contribution in [3.05, 3.63) is 29.8 Å². The number of carboxylic acid groups (broad SMARTS) is 1. The van der Waals surface area contributed by atoms with Crippen molar-refractivity contribution in [2.45, 2.75) is 70.1 Å².